The van der Waals surface area contributed by atoms with E-state index in [1.807, 2.05) is 30.3 Å². The number of hydrogen-bond donors (Lipinski definition) is 2. The second-order valence-corrected chi connectivity index (χ2v) is 12.2. The lowest BCUT2D eigenvalue weighted by Gasteiger charge is -2.53. The van der Waals surface area contributed by atoms with Gasteiger partial charge in [0.15, 0.2) is 0 Å². The third-order valence-corrected chi connectivity index (χ3v) is 10.2. The minimum absolute atomic E-state index is 0.0756. The van der Waals surface area contributed by atoms with Crippen molar-refractivity contribution in [2.45, 2.75) is 70.8 Å². The molecule has 6 atom stereocenters. The molecule has 0 unspecified atom stereocenters. The maximum absolute atomic E-state index is 12.7. The molecule has 4 aliphatic rings. The molecule has 6 heteroatoms. The van der Waals surface area contributed by atoms with E-state index in [0.29, 0.717) is 29.4 Å². The van der Waals surface area contributed by atoms with Crippen LogP contribution in [0.25, 0.3) is 0 Å². The van der Waals surface area contributed by atoms with Crippen molar-refractivity contribution in [3.05, 3.63) is 53.6 Å². The Morgan fingerprint density at radius 1 is 1.13 bits per heavy atom. The van der Waals surface area contributed by atoms with Gasteiger partial charge in [-0.2, -0.15) is 0 Å². The fourth-order valence-corrected chi connectivity index (χ4v) is 8.28. The zero-order chi connectivity index (χ0) is 26.3. The second kappa shape index (κ2) is 10.5. The van der Waals surface area contributed by atoms with Gasteiger partial charge in [0, 0.05) is 24.5 Å². The van der Waals surface area contributed by atoms with Crippen molar-refractivity contribution in [3.8, 4) is 5.75 Å². The number of carbonyl (C=O) groups is 1. The van der Waals surface area contributed by atoms with Crippen LogP contribution in [0.3, 0.4) is 0 Å². The van der Waals surface area contributed by atoms with E-state index in [9.17, 15) is 9.90 Å². The van der Waals surface area contributed by atoms with Gasteiger partial charge in [-0.1, -0.05) is 32.8 Å². The lowest BCUT2D eigenvalue weighted by atomic mass is 9.52. The molecule has 1 aliphatic heterocycles. The molecule has 0 radical (unpaired) electrons. The number of hydrogen-bond acceptors (Lipinski definition) is 5. The third kappa shape index (κ3) is 4.71. The number of nitrogens with one attached hydrogen (secondary N) is 1. The van der Waals surface area contributed by atoms with Crippen LogP contribution < -0.4 is 15.0 Å². The van der Waals surface area contributed by atoms with Gasteiger partial charge in [-0.15, -0.1) is 0 Å². The molecule has 0 aromatic heterocycles. The summed E-state index contributed by atoms with van der Waals surface area (Å²) >= 11 is 0. The normalized spacial score (nSPS) is 32.2. The van der Waals surface area contributed by atoms with Gasteiger partial charge < -0.3 is 19.5 Å². The fraction of sp³-hybridized carbons (Fsp3) is 0.594. The smallest absolute Gasteiger partial charge is 0.410 e. The zero-order valence-electron chi connectivity index (χ0n) is 22.8. The number of carbonyl (C=O) groups excluding carboxylic acids is 1. The number of nitrogens with zero attached hydrogens (tertiary/aromatic N) is 1. The van der Waals surface area contributed by atoms with Crippen molar-refractivity contribution in [1.82, 2.24) is 0 Å². The number of benzene rings is 2. The highest BCUT2D eigenvalue weighted by atomic mass is 16.6. The van der Waals surface area contributed by atoms with Gasteiger partial charge >= 0.3 is 6.09 Å². The first kappa shape index (κ1) is 25.7. The van der Waals surface area contributed by atoms with Gasteiger partial charge in [0.1, 0.15) is 5.75 Å². The largest absolute Gasteiger partial charge is 0.417 e. The second-order valence-electron chi connectivity index (χ2n) is 12.2. The van der Waals surface area contributed by atoms with E-state index in [-0.39, 0.29) is 11.5 Å². The molecule has 2 aromatic rings. The summed E-state index contributed by atoms with van der Waals surface area (Å²) in [6.45, 7) is 7.89. The number of amides is 1. The summed E-state index contributed by atoms with van der Waals surface area (Å²) in [5, 5.41) is 13.7. The van der Waals surface area contributed by atoms with E-state index in [1.165, 1.54) is 24.0 Å². The van der Waals surface area contributed by atoms with Crippen LogP contribution >= 0.6 is 0 Å². The third-order valence-electron chi connectivity index (χ3n) is 10.2. The molecule has 3 fully saturated rings. The standard InChI is InChI=1S/C32H42N2O4/c1-3-4-21-19-22-20-25(9-10-26(22)27-13-14-32(2)28(30(21)27)11-12-29(32)35)38-31(36)33-23-5-7-24(8-6-23)34-15-17-37-18-16-34/h5-10,20-21,27-30,35H,3-4,11-19H2,1-2H3,(H,33,36)/t21-,27-,28+,29+,30-,32+/m1/s1. The van der Waals surface area contributed by atoms with Gasteiger partial charge in [0.25, 0.3) is 0 Å². The van der Waals surface area contributed by atoms with Crippen LogP contribution in [-0.4, -0.2) is 43.6 Å². The average molecular weight is 519 g/mol. The van der Waals surface area contributed by atoms with E-state index in [4.69, 9.17) is 9.47 Å². The molecule has 1 amide bonds. The summed E-state index contributed by atoms with van der Waals surface area (Å²) in [7, 11) is 0. The monoisotopic (exact) mass is 518 g/mol. The van der Waals surface area contributed by atoms with Crippen LogP contribution in [0.1, 0.15) is 69.4 Å². The maximum atomic E-state index is 12.7. The quantitative estimate of drug-likeness (QED) is 0.481. The van der Waals surface area contributed by atoms with Crippen molar-refractivity contribution < 1.29 is 19.4 Å². The van der Waals surface area contributed by atoms with E-state index in [2.05, 4.69) is 36.2 Å². The Morgan fingerprint density at radius 3 is 2.68 bits per heavy atom. The van der Waals surface area contributed by atoms with E-state index in [1.54, 1.807) is 0 Å². The molecule has 3 aliphatic carbocycles. The Labute approximate surface area is 226 Å². The van der Waals surface area contributed by atoms with Crippen LogP contribution in [0, 0.1) is 23.2 Å². The number of rotatable bonds is 5. The van der Waals surface area contributed by atoms with Crippen LogP contribution in [0.5, 0.6) is 5.75 Å². The summed E-state index contributed by atoms with van der Waals surface area (Å²) in [6.07, 6.45) is 7.17. The maximum Gasteiger partial charge on any atom is 0.417 e. The van der Waals surface area contributed by atoms with Crippen molar-refractivity contribution in [3.63, 3.8) is 0 Å². The Balaban J connectivity index is 1.15. The Kier molecular flexibility index (Phi) is 7.12. The number of aliphatic hydroxyl groups excluding tert-OH is 1. The van der Waals surface area contributed by atoms with E-state index in [0.717, 1.165) is 69.8 Å². The average Bonchev–Trinajstić information content (AvgIpc) is 3.23. The zero-order valence-corrected chi connectivity index (χ0v) is 22.8. The van der Waals surface area contributed by atoms with Crippen LogP contribution in [0.4, 0.5) is 16.2 Å². The van der Waals surface area contributed by atoms with Crippen LogP contribution in [0.15, 0.2) is 42.5 Å². The highest BCUT2D eigenvalue weighted by Gasteiger charge is 2.56. The fourth-order valence-electron chi connectivity index (χ4n) is 8.28. The number of aliphatic hydroxyl groups is 1. The minimum Gasteiger partial charge on any atom is -0.410 e. The predicted octanol–water partition coefficient (Wildman–Crippen LogP) is 6.38. The molecule has 0 spiro atoms. The van der Waals surface area contributed by atoms with Gasteiger partial charge in [0.05, 0.1) is 19.3 Å². The Morgan fingerprint density at radius 2 is 1.92 bits per heavy atom. The van der Waals surface area contributed by atoms with Crippen LogP contribution in [-0.2, 0) is 11.2 Å². The summed E-state index contributed by atoms with van der Waals surface area (Å²) in [6, 6.07) is 14.2. The molecule has 38 heavy (non-hydrogen) atoms. The minimum atomic E-state index is -0.462. The Bertz CT molecular complexity index is 1140. The molecule has 2 aromatic carbocycles. The molecule has 2 saturated carbocycles. The molecule has 204 valence electrons. The summed E-state index contributed by atoms with van der Waals surface area (Å²) in [5.41, 5.74) is 4.72. The molecular weight excluding hydrogens is 476 g/mol. The first-order chi connectivity index (χ1) is 18.5. The molecular formula is C32H42N2O4. The number of fused-ring (bicyclic) bond motifs is 5. The number of morpholine rings is 1. The molecule has 6 rings (SSSR count). The van der Waals surface area contributed by atoms with Crippen molar-refractivity contribution in [1.29, 1.82) is 0 Å². The van der Waals surface area contributed by atoms with Crippen LogP contribution in [0.2, 0.25) is 0 Å². The summed E-state index contributed by atoms with van der Waals surface area (Å²) < 4.78 is 11.2. The lowest BCUT2D eigenvalue weighted by Crippen LogP contribution is -2.47. The molecule has 2 N–H and O–H groups in total. The lowest BCUT2D eigenvalue weighted by molar-refractivity contribution is -0.0394. The first-order valence-corrected chi connectivity index (χ1v) is 14.7. The first-order valence-electron chi connectivity index (χ1n) is 14.7. The predicted molar refractivity (Wildman–Crippen MR) is 150 cm³/mol. The van der Waals surface area contributed by atoms with Crippen molar-refractivity contribution >= 4 is 17.5 Å². The highest BCUT2D eigenvalue weighted by molar-refractivity contribution is 5.86. The van der Waals surface area contributed by atoms with Gasteiger partial charge in [0.2, 0.25) is 0 Å². The summed E-state index contributed by atoms with van der Waals surface area (Å²) in [4.78, 5) is 15.0. The van der Waals surface area contributed by atoms with Gasteiger partial charge in [-0.3, -0.25) is 5.32 Å². The van der Waals surface area contributed by atoms with Crippen molar-refractivity contribution in [2.75, 3.05) is 36.5 Å². The summed E-state index contributed by atoms with van der Waals surface area (Å²) in [5.74, 6) is 3.04. The molecule has 1 saturated heterocycles. The molecule has 0 bridgehead atoms. The van der Waals surface area contributed by atoms with Gasteiger partial charge in [-0.25, -0.2) is 4.79 Å². The Hall–Kier alpha value is -2.57. The number of ether oxygens (including phenoxy) is 2. The van der Waals surface area contributed by atoms with E-state index < -0.39 is 6.09 Å². The molecule has 1 heterocycles. The molecule has 6 nitrogen and oxygen atoms in total. The number of anilines is 2. The van der Waals surface area contributed by atoms with Gasteiger partial charge in [-0.05, 0) is 109 Å². The van der Waals surface area contributed by atoms with Crippen molar-refractivity contribution in [2.24, 2.45) is 23.2 Å². The van der Waals surface area contributed by atoms with E-state index >= 15 is 0 Å². The topological polar surface area (TPSA) is 71.0 Å². The highest BCUT2D eigenvalue weighted by Crippen LogP contribution is 2.62. The SMILES string of the molecule is CCC[C@@H]1Cc2cc(OC(=O)Nc3ccc(N4CCOCC4)cc3)ccc2[C@H]2CC[C@]3(C)[C@@H](O)CC[C@H]3[C@H]12.